The van der Waals surface area contributed by atoms with Crippen LogP contribution in [0.5, 0.6) is 0 Å². The Morgan fingerprint density at radius 2 is 1.62 bits per heavy atom. The highest BCUT2D eigenvalue weighted by Gasteiger charge is 2.32. The molecule has 0 aromatic heterocycles. The van der Waals surface area contributed by atoms with Crippen molar-refractivity contribution in [3.05, 3.63) is 48.3 Å². The fraction of sp³-hybridized carbons (Fsp3) is 0.571. The number of esters is 1. The zero-order chi connectivity index (χ0) is 17.6. The monoisotopic (exact) mass is 332 g/mol. The maximum atomic E-state index is 11.4. The summed E-state index contributed by atoms with van der Waals surface area (Å²) in [4.78, 5) is 11.4. The van der Waals surface area contributed by atoms with Crippen molar-refractivity contribution < 1.29 is 14.6 Å². The fourth-order valence-electron chi connectivity index (χ4n) is 2.57. The van der Waals surface area contributed by atoms with Crippen LogP contribution in [0.4, 0.5) is 0 Å². The highest BCUT2D eigenvalue weighted by atomic mass is 16.6. The van der Waals surface area contributed by atoms with Crippen molar-refractivity contribution in [1.82, 2.24) is 0 Å². The van der Waals surface area contributed by atoms with Crippen LogP contribution in [0.15, 0.2) is 48.3 Å². The summed E-state index contributed by atoms with van der Waals surface area (Å²) in [6.07, 6.45) is 21.2. The van der Waals surface area contributed by atoms with E-state index >= 15 is 0 Å². The molecular weight excluding hydrogens is 300 g/mol. The van der Waals surface area contributed by atoms with Crippen molar-refractivity contribution in [1.29, 1.82) is 0 Å². The summed E-state index contributed by atoms with van der Waals surface area (Å²) in [5.41, 5.74) is 0.339. The smallest absolute Gasteiger partial charge is 0.341 e. The van der Waals surface area contributed by atoms with E-state index in [1.165, 1.54) is 25.7 Å². The van der Waals surface area contributed by atoms with Gasteiger partial charge in [0.15, 0.2) is 0 Å². The summed E-state index contributed by atoms with van der Waals surface area (Å²) in [5, 5.41) is 9.70. The number of unbranched alkanes of at least 4 members (excludes halogenated alkanes) is 7. The van der Waals surface area contributed by atoms with Gasteiger partial charge in [-0.1, -0.05) is 63.1 Å². The molecular formula is C21H32O3. The molecule has 1 rings (SSSR count). The Labute approximate surface area is 146 Å². The van der Waals surface area contributed by atoms with Crippen molar-refractivity contribution in [3.8, 4) is 0 Å². The van der Waals surface area contributed by atoms with E-state index in [2.05, 4.69) is 37.8 Å². The first-order valence-corrected chi connectivity index (χ1v) is 9.26. The third kappa shape index (κ3) is 8.30. The molecule has 0 bridgehead atoms. The Balaban J connectivity index is 2.00. The van der Waals surface area contributed by atoms with Crippen molar-refractivity contribution in [2.24, 2.45) is 0 Å². The van der Waals surface area contributed by atoms with Gasteiger partial charge in [0.2, 0.25) is 0 Å². The molecule has 0 aromatic rings. The van der Waals surface area contributed by atoms with Crippen LogP contribution < -0.4 is 0 Å². The quantitative estimate of drug-likeness (QED) is 0.226. The fourth-order valence-corrected chi connectivity index (χ4v) is 2.57. The molecule has 1 atom stereocenters. The highest BCUT2D eigenvalue weighted by molar-refractivity contribution is 5.93. The number of allylic oxidation sites excluding steroid dienone is 5. The number of carbonyl (C=O) groups excluding carboxylic acids is 1. The van der Waals surface area contributed by atoms with E-state index in [1.807, 2.05) is 0 Å². The van der Waals surface area contributed by atoms with Crippen LogP contribution in [0.2, 0.25) is 0 Å². The van der Waals surface area contributed by atoms with E-state index in [4.69, 9.17) is 4.74 Å². The number of hydrogen-bond donors (Lipinski definition) is 1. The van der Waals surface area contributed by atoms with Crippen LogP contribution in [0.3, 0.4) is 0 Å². The van der Waals surface area contributed by atoms with E-state index in [-0.39, 0.29) is 5.76 Å². The lowest BCUT2D eigenvalue weighted by molar-refractivity contribution is -0.132. The summed E-state index contributed by atoms with van der Waals surface area (Å²) >= 11 is 0. The third-order valence-corrected chi connectivity index (χ3v) is 4.08. The van der Waals surface area contributed by atoms with Gasteiger partial charge >= 0.3 is 5.97 Å². The molecule has 0 radical (unpaired) electrons. The van der Waals surface area contributed by atoms with E-state index < -0.39 is 12.1 Å². The molecule has 0 amide bonds. The molecule has 1 N–H and O–H groups in total. The molecule has 1 saturated heterocycles. The van der Waals surface area contributed by atoms with Crippen LogP contribution >= 0.6 is 0 Å². The maximum absolute atomic E-state index is 11.4. The molecule has 1 aliphatic heterocycles. The molecule has 3 nitrogen and oxygen atoms in total. The first-order valence-electron chi connectivity index (χ1n) is 9.26. The Hall–Kier alpha value is -1.61. The van der Waals surface area contributed by atoms with Crippen molar-refractivity contribution in [2.45, 2.75) is 77.2 Å². The maximum Gasteiger partial charge on any atom is 0.341 e. The molecule has 1 fully saturated rings. The van der Waals surface area contributed by atoms with E-state index in [9.17, 15) is 9.90 Å². The molecule has 1 unspecified atom stereocenters. The molecule has 0 saturated carbocycles. The first-order chi connectivity index (χ1) is 11.7. The predicted molar refractivity (Wildman–Crippen MR) is 99.4 cm³/mol. The average molecular weight is 332 g/mol. The first kappa shape index (κ1) is 20.4. The number of cyclic esters (lactones) is 1. The van der Waals surface area contributed by atoms with Gasteiger partial charge in [-0.15, -0.1) is 0 Å². The van der Waals surface area contributed by atoms with Crippen LogP contribution in [0, 0.1) is 0 Å². The number of rotatable bonds is 12. The lowest BCUT2D eigenvalue weighted by Gasteiger charge is -1.99. The average Bonchev–Trinajstić information content (AvgIpc) is 2.81. The second-order valence-corrected chi connectivity index (χ2v) is 6.23. The Bertz CT molecular complexity index is 471. The van der Waals surface area contributed by atoms with E-state index in [1.54, 1.807) is 6.08 Å². The number of carbonyl (C=O) groups is 1. The van der Waals surface area contributed by atoms with Crippen molar-refractivity contribution in [3.63, 3.8) is 0 Å². The van der Waals surface area contributed by atoms with Crippen molar-refractivity contribution in [2.75, 3.05) is 0 Å². The zero-order valence-corrected chi connectivity index (χ0v) is 15.0. The molecule has 24 heavy (non-hydrogen) atoms. The van der Waals surface area contributed by atoms with Gasteiger partial charge in [0, 0.05) is 0 Å². The van der Waals surface area contributed by atoms with Gasteiger partial charge in [0.25, 0.3) is 0 Å². The second kappa shape index (κ2) is 12.8. The van der Waals surface area contributed by atoms with Gasteiger partial charge in [0.05, 0.1) is 5.57 Å². The zero-order valence-electron chi connectivity index (χ0n) is 15.0. The largest absolute Gasteiger partial charge is 0.425 e. The Morgan fingerprint density at radius 1 is 1.00 bits per heavy atom. The minimum absolute atomic E-state index is 0.135. The summed E-state index contributed by atoms with van der Waals surface area (Å²) in [7, 11) is 0. The highest BCUT2D eigenvalue weighted by Crippen LogP contribution is 2.23. The molecule has 134 valence electrons. The SMILES string of the molecule is C=C1OC(=O)C(=CCCCCCC=CCC=CCCCCC)C1O. The van der Waals surface area contributed by atoms with Gasteiger partial charge in [-0.05, 0) is 44.9 Å². The molecule has 3 heteroatoms. The normalized spacial score (nSPS) is 19.9. The topological polar surface area (TPSA) is 46.5 Å². The molecule has 0 spiro atoms. The number of aliphatic hydroxyl groups excluding tert-OH is 1. The van der Waals surface area contributed by atoms with E-state index in [0.29, 0.717) is 5.57 Å². The lowest BCUT2D eigenvalue weighted by Crippen LogP contribution is -2.07. The Kier molecular flexibility index (Phi) is 10.9. The third-order valence-electron chi connectivity index (χ3n) is 4.08. The number of aliphatic hydroxyl groups is 1. The van der Waals surface area contributed by atoms with Gasteiger partial charge in [0.1, 0.15) is 11.9 Å². The van der Waals surface area contributed by atoms with Gasteiger partial charge < -0.3 is 9.84 Å². The van der Waals surface area contributed by atoms with Gasteiger partial charge in [-0.3, -0.25) is 0 Å². The predicted octanol–water partition coefficient (Wildman–Crippen LogP) is 5.38. The second-order valence-electron chi connectivity index (χ2n) is 6.23. The van der Waals surface area contributed by atoms with Crippen LogP contribution in [-0.2, 0) is 9.53 Å². The van der Waals surface area contributed by atoms with Gasteiger partial charge in [-0.2, -0.15) is 0 Å². The van der Waals surface area contributed by atoms with Crippen molar-refractivity contribution >= 4 is 5.97 Å². The van der Waals surface area contributed by atoms with E-state index in [0.717, 1.165) is 38.5 Å². The standard InChI is InChI=1S/C21H32O3/c1-3-4-5-6-7-8-9-10-11-12-13-14-15-16-17-19-20(22)18(2)24-21(19)23/h7-8,10-11,17,20,22H,2-6,9,12-16H2,1H3. The molecule has 0 aliphatic carbocycles. The molecule has 1 heterocycles. The van der Waals surface area contributed by atoms with Crippen LogP contribution in [0.25, 0.3) is 0 Å². The summed E-state index contributed by atoms with van der Waals surface area (Å²) in [6, 6.07) is 0. The molecule has 1 aliphatic rings. The molecule has 0 aromatic carbocycles. The van der Waals surface area contributed by atoms with Crippen LogP contribution in [0.1, 0.15) is 71.1 Å². The van der Waals surface area contributed by atoms with Crippen LogP contribution in [-0.4, -0.2) is 17.2 Å². The summed E-state index contributed by atoms with van der Waals surface area (Å²) in [6.45, 7) is 5.74. The Morgan fingerprint density at radius 3 is 2.21 bits per heavy atom. The number of hydrogen-bond acceptors (Lipinski definition) is 3. The summed E-state index contributed by atoms with van der Waals surface area (Å²) < 4.78 is 4.79. The minimum atomic E-state index is -0.949. The summed E-state index contributed by atoms with van der Waals surface area (Å²) in [5.74, 6) is -0.325. The lowest BCUT2D eigenvalue weighted by atomic mass is 10.1. The number of ether oxygens (including phenoxy) is 1. The van der Waals surface area contributed by atoms with Gasteiger partial charge in [-0.25, -0.2) is 4.79 Å². The minimum Gasteiger partial charge on any atom is -0.425 e.